The molecule has 6 nitrogen and oxygen atoms in total. The summed E-state index contributed by atoms with van der Waals surface area (Å²) in [5.41, 5.74) is 6.05. The lowest BCUT2D eigenvalue weighted by atomic mass is 10.1. The largest absolute Gasteiger partial charge is 0.471 e. The number of alkyl halides is 3. The monoisotopic (exact) mass is 416 g/mol. The second-order valence-electron chi connectivity index (χ2n) is 5.20. The molecule has 140 valence electrons. The normalized spacial score (nSPS) is 11.3. The SMILES string of the molecule is O=C(NNc1ccc(Cl)cc1Cl)c1ccc(-c2noc(C(F)(F)F)n2)cc1. The lowest BCUT2D eigenvalue weighted by Crippen LogP contribution is -2.29. The minimum atomic E-state index is -4.72. The van der Waals surface area contributed by atoms with E-state index in [0.29, 0.717) is 15.7 Å². The lowest BCUT2D eigenvalue weighted by Gasteiger charge is -2.10. The van der Waals surface area contributed by atoms with Crippen molar-refractivity contribution in [3.63, 3.8) is 0 Å². The third kappa shape index (κ3) is 4.50. The maximum atomic E-state index is 12.5. The molecule has 0 aliphatic heterocycles. The number of hydrogen-bond acceptors (Lipinski definition) is 5. The minimum absolute atomic E-state index is 0.236. The van der Waals surface area contributed by atoms with E-state index >= 15 is 0 Å². The first-order chi connectivity index (χ1) is 12.7. The number of rotatable bonds is 4. The minimum Gasteiger partial charge on any atom is -0.329 e. The van der Waals surface area contributed by atoms with Crippen molar-refractivity contribution in [2.75, 3.05) is 5.43 Å². The number of carbonyl (C=O) groups is 1. The zero-order valence-electron chi connectivity index (χ0n) is 13.1. The fourth-order valence-electron chi connectivity index (χ4n) is 2.01. The van der Waals surface area contributed by atoms with E-state index < -0.39 is 18.0 Å². The van der Waals surface area contributed by atoms with Crippen LogP contribution in [0.15, 0.2) is 47.0 Å². The third-order valence-corrected chi connectivity index (χ3v) is 3.86. The highest BCUT2D eigenvalue weighted by molar-refractivity contribution is 6.36. The lowest BCUT2D eigenvalue weighted by molar-refractivity contribution is -0.159. The van der Waals surface area contributed by atoms with Crippen molar-refractivity contribution in [2.24, 2.45) is 0 Å². The Morgan fingerprint density at radius 3 is 2.37 bits per heavy atom. The van der Waals surface area contributed by atoms with Crippen molar-refractivity contribution in [3.05, 3.63) is 64.0 Å². The van der Waals surface area contributed by atoms with Crippen LogP contribution in [-0.2, 0) is 6.18 Å². The van der Waals surface area contributed by atoms with Gasteiger partial charge in [0.05, 0.1) is 10.7 Å². The predicted molar refractivity (Wildman–Crippen MR) is 92.3 cm³/mol. The maximum Gasteiger partial charge on any atom is 0.471 e. The third-order valence-electron chi connectivity index (χ3n) is 3.32. The molecular weight excluding hydrogens is 408 g/mol. The fraction of sp³-hybridized carbons (Fsp3) is 0.0625. The van der Waals surface area contributed by atoms with Gasteiger partial charge in [-0.1, -0.05) is 40.5 Å². The summed E-state index contributed by atoms with van der Waals surface area (Å²) in [7, 11) is 0. The number of nitrogens with one attached hydrogen (secondary N) is 2. The molecule has 0 saturated heterocycles. The highest BCUT2D eigenvalue weighted by Crippen LogP contribution is 2.29. The van der Waals surface area contributed by atoms with Gasteiger partial charge in [0.2, 0.25) is 5.82 Å². The molecule has 0 unspecified atom stereocenters. The van der Waals surface area contributed by atoms with E-state index in [4.69, 9.17) is 23.2 Å². The van der Waals surface area contributed by atoms with E-state index in [1.807, 2.05) is 0 Å². The Hall–Kier alpha value is -2.78. The summed E-state index contributed by atoms with van der Waals surface area (Å²) in [5, 5.41) is 4.04. The molecule has 27 heavy (non-hydrogen) atoms. The number of anilines is 1. The number of aromatic nitrogens is 2. The zero-order valence-corrected chi connectivity index (χ0v) is 14.7. The number of carbonyl (C=O) groups excluding carboxylic acids is 1. The van der Waals surface area contributed by atoms with Crippen LogP contribution in [0.4, 0.5) is 18.9 Å². The molecule has 0 spiro atoms. The Kier molecular flexibility index (Phi) is 5.24. The Morgan fingerprint density at radius 1 is 1.07 bits per heavy atom. The van der Waals surface area contributed by atoms with Gasteiger partial charge < -0.3 is 4.52 Å². The average molecular weight is 417 g/mol. The van der Waals surface area contributed by atoms with Gasteiger partial charge in [0.1, 0.15) is 0 Å². The number of hydrogen-bond donors (Lipinski definition) is 2. The van der Waals surface area contributed by atoms with Crippen LogP contribution < -0.4 is 10.9 Å². The molecule has 0 atom stereocenters. The molecule has 0 aliphatic carbocycles. The van der Waals surface area contributed by atoms with Gasteiger partial charge in [-0.05, 0) is 30.3 Å². The molecule has 0 saturated carbocycles. The number of nitrogens with zero attached hydrogens (tertiary/aromatic N) is 2. The summed E-state index contributed by atoms with van der Waals surface area (Å²) in [6, 6.07) is 10.3. The van der Waals surface area contributed by atoms with Gasteiger partial charge >= 0.3 is 12.1 Å². The van der Waals surface area contributed by atoms with Gasteiger partial charge in [0.15, 0.2) is 0 Å². The quantitative estimate of drug-likeness (QED) is 0.596. The number of amides is 1. The second-order valence-corrected chi connectivity index (χ2v) is 6.05. The number of halogens is 5. The topological polar surface area (TPSA) is 80.0 Å². The zero-order chi connectivity index (χ0) is 19.6. The summed E-state index contributed by atoms with van der Waals surface area (Å²) in [5.74, 6) is -2.17. The summed E-state index contributed by atoms with van der Waals surface area (Å²) in [6.45, 7) is 0. The Bertz CT molecular complexity index is 975. The van der Waals surface area contributed by atoms with Crippen molar-refractivity contribution in [3.8, 4) is 11.4 Å². The molecule has 2 aromatic carbocycles. The van der Waals surface area contributed by atoms with Crippen LogP contribution in [0, 0.1) is 0 Å². The molecule has 2 N–H and O–H groups in total. The molecule has 0 radical (unpaired) electrons. The molecule has 0 fully saturated rings. The van der Waals surface area contributed by atoms with Crippen molar-refractivity contribution >= 4 is 34.8 Å². The maximum absolute atomic E-state index is 12.5. The van der Waals surface area contributed by atoms with Crippen LogP contribution in [0.25, 0.3) is 11.4 Å². The van der Waals surface area contributed by atoms with Crippen molar-refractivity contribution in [2.45, 2.75) is 6.18 Å². The van der Waals surface area contributed by atoms with Crippen LogP contribution >= 0.6 is 23.2 Å². The van der Waals surface area contributed by atoms with Gasteiger partial charge in [-0.3, -0.25) is 15.6 Å². The van der Waals surface area contributed by atoms with Crippen LogP contribution in [0.5, 0.6) is 0 Å². The Balaban J connectivity index is 1.67. The molecule has 3 aromatic rings. The standard InChI is InChI=1S/C16H9Cl2F3N4O2/c17-10-5-6-12(11(18)7-10)23-24-14(26)9-3-1-8(2-4-9)13-22-15(27-25-13)16(19,20)21/h1-7,23H,(H,24,26). The van der Waals surface area contributed by atoms with Crippen LogP contribution in [0.1, 0.15) is 16.2 Å². The van der Waals surface area contributed by atoms with E-state index in [1.54, 1.807) is 12.1 Å². The van der Waals surface area contributed by atoms with Crippen LogP contribution in [0.2, 0.25) is 10.0 Å². The predicted octanol–water partition coefficient (Wildman–Crippen LogP) is 4.82. The van der Waals surface area contributed by atoms with E-state index in [0.717, 1.165) is 0 Å². The summed E-state index contributed by atoms with van der Waals surface area (Å²) in [4.78, 5) is 15.4. The molecular formula is C16H9Cl2F3N4O2. The van der Waals surface area contributed by atoms with E-state index in [1.165, 1.54) is 30.3 Å². The van der Waals surface area contributed by atoms with Crippen molar-refractivity contribution in [1.29, 1.82) is 0 Å². The summed E-state index contributed by atoms with van der Waals surface area (Å²) < 4.78 is 41.6. The van der Waals surface area contributed by atoms with Gasteiger partial charge in [-0.25, -0.2) is 0 Å². The van der Waals surface area contributed by atoms with Crippen molar-refractivity contribution in [1.82, 2.24) is 15.6 Å². The van der Waals surface area contributed by atoms with Gasteiger partial charge in [-0.15, -0.1) is 0 Å². The van der Waals surface area contributed by atoms with Crippen LogP contribution in [0.3, 0.4) is 0 Å². The van der Waals surface area contributed by atoms with E-state index in [2.05, 4.69) is 25.5 Å². The van der Waals surface area contributed by atoms with Gasteiger partial charge in [-0.2, -0.15) is 18.2 Å². The number of hydrazine groups is 1. The van der Waals surface area contributed by atoms with Gasteiger partial charge in [0, 0.05) is 16.1 Å². The molecule has 11 heteroatoms. The Labute approximate surface area is 160 Å². The summed E-state index contributed by atoms with van der Waals surface area (Å²) >= 11 is 11.8. The average Bonchev–Trinajstić information content (AvgIpc) is 3.11. The Morgan fingerprint density at radius 2 is 1.78 bits per heavy atom. The smallest absolute Gasteiger partial charge is 0.329 e. The highest BCUT2D eigenvalue weighted by Gasteiger charge is 2.38. The first-order valence-electron chi connectivity index (χ1n) is 7.27. The molecule has 0 bridgehead atoms. The molecule has 1 amide bonds. The van der Waals surface area contributed by atoms with Gasteiger partial charge in [0.25, 0.3) is 5.91 Å². The molecule has 0 aliphatic rings. The van der Waals surface area contributed by atoms with E-state index in [9.17, 15) is 18.0 Å². The highest BCUT2D eigenvalue weighted by atomic mass is 35.5. The first kappa shape index (κ1) is 19.0. The first-order valence-corrected chi connectivity index (χ1v) is 8.02. The van der Waals surface area contributed by atoms with E-state index in [-0.39, 0.29) is 17.0 Å². The second kappa shape index (κ2) is 7.45. The fourth-order valence-corrected chi connectivity index (χ4v) is 2.47. The van der Waals surface area contributed by atoms with Crippen molar-refractivity contribution < 1.29 is 22.5 Å². The number of benzene rings is 2. The molecule has 1 aromatic heterocycles. The molecule has 3 rings (SSSR count). The summed E-state index contributed by atoms with van der Waals surface area (Å²) in [6.07, 6.45) is -4.72. The van der Waals surface area contributed by atoms with Crippen LogP contribution in [-0.4, -0.2) is 16.0 Å². The molecule has 1 heterocycles.